The van der Waals surface area contributed by atoms with Gasteiger partial charge < -0.3 is 15.2 Å². The van der Waals surface area contributed by atoms with Gasteiger partial charge in [0.05, 0.1) is 13.2 Å². The number of hydrogen-bond acceptors (Lipinski definition) is 3. The summed E-state index contributed by atoms with van der Waals surface area (Å²) < 4.78 is 5.31. The van der Waals surface area contributed by atoms with Crippen LogP contribution in [-0.4, -0.2) is 38.0 Å². The molecule has 0 aliphatic carbocycles. The minimum absolute atomic E-state index is 0.253. The van der Waals surface area contributed by atoms with E-state index in [0.717, 1.165) is 32.7 Å². The van der Waals surface area contributed by atoms with Crippen molar-refractivity contribution in [2.75, 3.05) is 32.9 Å². The minimum Gasteiger partial charge on any atom is -0.396 e. The van der Waals surface area contributed by atoms with Crippen molar-refractivity contribution in [3.8, 4) is 0 Å². The number of nitrogens with one attached hydrogen (secondary N) is 1. The Morgan fingerprint density at radius 2 is 2.54 bits per heavy atom. The van der Waals surface area contributed by atoms with Crippen LogP contribution in [0.1, 0.15) is 13.3 Å². The highest BCUT2D eigenvalue weighted by atomic mass is 16.5. The van der Waals surface area contributed by atoms with E-state index in [4.69, 9.17) is 9.84 Å². The van der Waals surface area contributed by atoms with Crippen LogP contribution in [0.3, 0.4) is 0 Å². The zero-order valence-corrected chi connectivity index (χ0v) is 8.25. The predicted molar refractivity (Wildman–Crippen MR) is 52.6 cm³/mol. The molecule has 0 bridgehead atoms. The van der Waals surface area contributed by atoms with E-state index >= 15 is 0 Å². The summed E-state index contributed by atoms with van der Waals surface area (Å²) in [5.41, 5.74) is 1.33. The highest BCUT2D eigenvalue weighted by Gasteiger charge is 2.04. The number of aliphatic hydroxyl groups is 1. The van der Waals surface area contributed by atoms with Gasteiger partial charge in [-0.1, -0.05) is 13.0 Å². The minimum atomic E-state index is 0.253. The molecule has 0 radical (unpaired) electrons. The Hall–Kier alpha value is -0.380. The van der Waals surface area contributed by atoms with Crippen molar-refractivity contribution in [2.24, 2.45) is 5.92 Å². The molecule has 0 saturated carbocycles. The normalized spacial score (nSPS) is 19.7. The summed E-state index contributed by atoms with van der Waals surface area (Å²) in [7, 11) is 0. The van der Waals surface area contributed by atoms with Crippen molar-refractivity contribution < 1.29 is 9.84 Å². The summed E-state index contributed by atoms with van der Waals surface area (Å²) in [6, 6.07) is 0. The Kier molecular flexibility index (Phi) is 5.05. The van der Waals surface area contributed by atoms with Crippen molar-refractivity contribution in [1.29, 1.82) is 0 Å². The smallest absolute Gasteiger partial charge is 0.0689 e. The van der Waals surface area contributed by atoms with Crippen molar-refractivity contribution in [3.63, 3.8) is 0 Å². The van der Waals surface area contributed by atoms with Crippen LogP contribution in [0.15, 0.2) is 11.6 Å². The lowest BCUT2D eigenvalue weighted by molar-refractivity contribution is 0.148. The SMILES string of the molecule is CC(CO)CNCC1=CCCOC1. The Labute approximate surface area is 79.8 Å². The molecule has 0 aromatic rings. The van der Waals surface area contributed by atoms with Crippen LogP contribution in [0, 0.1) is 5.92 Å². The second-order valence-electron chi connectivity index (χ2n) is 3.62. The van der Waals surface area contributed by atoms with Crippen molar-refractivity contribution in [2.45, 2.75) is 13.3 Å². The Bertz CT molecular complexity index is 168. The standard InChI is InChI=1S/C10H19NO2/c1-9(7-12)5-11-6-10-3-2-4-13-8-10/h3,9,11-12H,2,4-8H2,1H3. The predicted octanol–water partition coefficient (Wildman–Crippen LogP) is 0.551. The molecule has 1 unspecified atom stereocenters. The molecule has 1 aliphatic heterocycles. The summed E-state index contributed by atoms with van der Waals surface area (Å²) in [4.78, 5) is 0. The van der Waals surface area contributed by atoms with Gasteiger partial charge in [0.1, 0.15) is 0 Å². The molecule has 1 aliphatic rings. The molecule has 1 heterocycles. The molecule has 1 rings (SSSR count). The van der Waals surface area contributed by atoms with Crippen molar-refractivity contribution in [3.05, 3.63) is 11.6 Å². The molecule has 0 aromatic heterocycles. The van der Waals surface area contributed by atoms with Crippen LogP contribution >= 0.6 is 0 Å². The highest BCUT2D eigenvalue weighted by Crippen LogP contribution is 2.04. The lowest BCUT2D eigenvalue weighted by Gasteiger charge is -2.15. The first-order valence-electron chi connectivity index (χ1n) is 4.90. The third kappa shape index (κ3) is 4.41. The first-order chi connectivity index (χ1) is 6.33. The van der Waals surface area contributed by atoms with E-state index in [1.165, 1.54) is 5.57 Å². The van der Waals surface area contributed by atoms with Gasteiger partial charge in [-0.3, -0.25) is 0 Å². The fourth-order valence-electron chi connectivity index (χ4n) is 1.28. The van der Waals surface area contributed by atoms with Crippen LogP contribution < -0.4 is 5.32 Å². The van der Waals surface area contributed by atoms with Crippen LogP contribution in [0.25, 0.3) is 0 Å². The van der Waals surface area contributed by atoms with Gasteiger partial charge in [0.25, 0.3) is 0 Å². The quantitative estimate of drug-likeness (QED) is 0.615. The number of rotatable bonds is 5. The van der Waals surface area contributed by atoms with Gasteiger partial charge in [-0.15, -0.1) is 0 Å². The lowest BCUT2D eigenvalue weighted by Crippen LogP contribution is -2.27. The first kappa shape index (κ1) is 10.7. The Morgan fingerprint density at radius 3 is 3.15 bits per heavy atom. The number of aliphatic hydroxyl groups excluding tert-OH is 1. The maximum Gasteiger partial charge on any atom is 0.0689 e. The topological polar surface area (TPSA) is 41.5 Å². The summed E-state index contributed by atoms with van der Waals surface area (Å²) in [6.45, 7) is 5.66. The summed E-state index contributed by atoms with van der Waals surface area (Å²) >= 11 is 0. The van der Waals surface area contributed by atoms with Gasteiger partial charge in [0.2, 0.25) is 0 Å². The molecule has 1 atom stereocenters. The van der Waals surface area contributed by atoms with Gasteiger partial charge >= 0.3 is 0 Å². The van der Waals surface area contributed by atoms with E-state index < -0.39 is 0 Å². The van der Waals surface area contributed by atoms with E-state index in [2.05, 4.69) is 11.4 Å². The summed E-state index contributed by atoms with van der Waals surface area (Å²) in [5, 5.41) is 12.1. The van der Waals surface area contributed by atoms with E-state index in [0.29, 0.717) is 5.92 Å². The molecule has 13 heavy (non-hydrogen) atoms. The average Bonchev–Trinajstić information content (AvgIpc) is 2.19. The molecule has 76 valence electrons. The first-order valence-corrected chi connectivity index (χ1v) is 4.90. The second-order valence-corrected chi connectivity index (χ2v) is 3.62. The van der Waals surface area contributed by atoms with Crippen molar-refractivity contribution >= 4 is 0 Å². The van der Waals surface area contributed by atoms with Gasteiger partial charge in [-0.2, -0.15) is 0 Å². The van der Waals surface area contributed by atoms with E-state index in [1.54, 1.807) is 0 Å². The van der Waals surface area contributed by atoms with Crippen LogP contribution in [0.4, 0.5) is 0 Å². The largest absolute Gasteiger partial charge is 0.396 e. The summed E-state index contributed by atoms with van der Waals surface area (Å²) in [6.07, 6.45) is 3.27. The van der Waals surface area contributed by atoms with Crippen molar-refractivity contribution in [1.82, 2.24) is 5.32 Å². The molecule has 0 fully saturated rings. The third-order valence-corrected chi connectivity index (χ3v) is 2.14. The molecular weight excluding hydrogens is 166 g/mol. The second kappa shape index (κ2) is 6.13. The average molecular weight is 185 g/mol. The molecule has 0 saturated heterocycles. The van der Waals surface area contributed by atoms with Crippen LogP contribution in [0.5, 0.6) is 0 Å². The van der Waals surface area contributed by atoms with Gasteiger partial charge in [-0.05, 0) is 17.9 Å². The molecule has 0 aromatic carbocycles. The van der Waals surface area contributed by atoms with E-state index in [9.17, 15) is 0 Å². The molecule has 3 heteroatoms. The Balaban J connectivity index is 2.08. The van der Waals surface area contributed by atoms with E-state index in [1.807, 2.05) is 6.92 Å². The molecule has 2 N–H and O–H groups in total. The number of hydrogen-bond donors (Lipinski definition) is 2. The van der Waals surface area contributed by atoms with E-state index in [-0.39, 0.29) is 6.61 Å². The molecule has 0 spiro atoms. The van der Waals surface area contributed by atoms with Gasteiger partial charge in [-0.25, -0.2) is 0 Å². The van der Waals surface area contributed by atoms with Crippen LogP contribution in [0.2, 0.25) is 0 Å². The maximum absolute atomic E-state index is 8.79. The van der Waals surface area contributed by atoms with Crippen LogP contribution in [-0.2, 0) is 4.74 Å². The van der Waals surface area contributed by atoms with Gasteiger partial charge in [0, 0.05) is 19.7 Å². The molecule has 0 amide bonds. The zero-order chi connectivity index (χ0) is 9.52. The lowest BCUT2D eigenvalue weighted by atomic mass is 10.1. The molecule has 3 nitrogen and oxygen atoms in total. The number of ether oxygens (including phenoxy) is 1. The highest BCUT2D eigenvalue weighted by molar-refractivity contribution is 5.06. The fourth-order valence-corrected chi connectivity index (χ4v) is 1.28. The fraction of sp³-hybridized carbons (Fsp3) is 0.800. The third-order valence-electron chi connectivity index (χ3n) is 2.14. The Morgan fingerprint density at radius 1 is 1.69 bits per heavy atom. The maximum atomic E-state index is 8.79. The van der Waals surface area contributed by atoms with Gasteiger partial charge in [0.15, 0.2) is 0 Å². The summed E-state index contributed by atoms with van der Waals surface area (Å²) in [5.74, 6) is 0.338. The zero-order valence-electron chi connectivity index (χ0n) is 8.25. The molecular formula is C10H19NO2. The monoisotopic (exact) mass is 185 g/mol.